The summed E-state index contributed by atoms with van der Waals surface area (Å²) in [7, 11) is 0. The molecule has 1 saturated heterocycles. The Morgan fingerprint density at radius 1 is 1.45 bits per heavy atom. The van der Waals surface area contributed by atoms with Gasteiger partial charge in [-0.1, -0.05) is 6.92 Å². The minimum atomic E-state index is -0.276. The first kappa shape index (κ1) is 15.1. The fraction of sp³-hybridized carbons (Fsp3) is 0.571. The number of thiazole rings is 1. The van der Waals surface area contributed by atoms with Gasteiger partial charge in [-0.25, -0.2) is 9.97 Å². The van der Waals surface area contributed by atoms with Crippen molar-refractivity contribution >= 4 is 17.2 Å². The van der Waals surface area contributed by atoms with E-state index in [0.29, 0.717) is 25.5 Å². The number of carbonyl (C=O) groups is 1. The van der Waals surface area contributed by atoms with Crippen molar-refractivity contribution in [2.24, 2.45) is 0 Å². The number of rotatable bonds is 3. The lowest BCUT2D eigenvalue weighted by Crippen LogP contribution is -2.42. The first-order valence-corrected chi connectivity index (χ1v) is 8.16. The first-order chi connectivity index (χ1) is 10.6. The number of aromatic nitrogens is 4. The van der Waals surface area contributed by atoms with Crippen LogP contribution in [-0.4, -0.2) is 50.7 Å². The highest BCUT2D eigenvalue weighted by molar-refractivity contribution is 7.13. The van der Waals surface area contributed by atoms with E-state index >= 15 is 0 Å². The molecule has 0 spiro atoms. The molecule has 22 heavy (non-hydrogen) atoms. The Labute approximate surface area is 132 Å². The number of H-pyrrole nitrogens is 1. The normalized spacial score (nSPS) is 18.7. The molecule has 8 heteroatoms. The number of hydrogen-bond donors (Lipinski definition) is 1. The quantitative estimate of drug-likeness (QED) is 0.929. The summed E-state index contributed by atoms with van der Waals surface area (Å²) >= 11 is 1.48. The van der Waals surface area contributed by atoms with E-state index < -0.39 is 0 Å². The van der Waals surface area contributed by atoms with E-state index in [1.54, 1.807) is 4.90 Å². The molecule has 0 radical (unpaired) electrons. The molecular formula is C14H19N5O2S. The zero-order valence-electron chi connectivity index (χ0n) is 12.9. The van der Waals surface area contributed by atoms with E-state index in [1.807, 2.05) is 20.8 Å². The molecule has 0 aliphatic carbocycles. The van der Waals surface area contributed by atoms with Crippen LogP contribution >= 0.6 is 11.3 Å². The minimum absolute atomic E-state index is 0.0234. The number of carbonyl (C=O) groups excluding carboxylic acids is 1. The van der Waals surface area contributed by atoms with Crippen molar-refractivity contribution in [2.45, 2.75) is 33.3 Å². The van der Waals surface area contributed by atoms with Crippen LogP contribution in [0.2, 0.25) is 0 Å². The molecule has 0 aromatic carbocycles. The van der Waals surface area contributed by atoms with E-state index in [9.17, 15) is 4.79 Å². The zero-order chi connectivity index (χ0) is 15.7. The zero-order valence-corrected chi connectivity index (χ0v) is 13.7. The molecule has 3 rings (SSSR count). The maximum atomic E-state index is 12.7. The number of aromatic amines is 1. The molecule has 2 aromatic rings. The molecule has 1 aliphatic rings. The van der Waals surface area contributed by atoms with Gasteiger partial charge in [-0.3, -0.25) is 9.89 Å². The van der Waals surface area contributed by atoms with Crippen molar-refractivity contribution in [3.8, 4) is 0 Å². The lowest BCUT2D eigenvalue weighted by Gasteiger charge is -2.31. The third-order valence-corrected chi connectivity index (χ3v) is 4.88. The predicted molar refractivity (Wildman–Crippen MR) is 81.9 cm³/mol. The molecule has 3 heterocycles. The Morgan fingerprint density at radius 2 is 2.27 bits per heavy atom. The molecule has 2 aromatic heterocycles. The van der Waals surface area contributed by atoms with Crippen molar-refractivity contribution in [2.75, 3.05) is 19.7 Å². The summed E-state index contributed by atoms with van der Waals surface area (Å²) < 4.78 is 5.70. The molecule has 0 unspecified atom stereocenters. The number of hydrogen-bond acceptors (Lipinski definition) is 6. The molecule has 1 fully saturated rings. The van der Waals surface area contributed by atoms with Crippen LogP contribution in [0.3, 0.4) is 0 Å². The summed E-state index contributed by atoms with van der Waals surface area (Å²) in [5, 5.41) is 7.94. The number of nitrogens with zero attached hydrogens (tertiary/aromatic N) is 4. The van der Waals surface area contributed by atoms with Gasteiger partial charge in [0.15, 0.2) is 5.82 Å². The van der Waals surface area contributed by atoms with Gasteiger partial charge in [0, 0.05) is 6.54 Å². The van der Waals surface area contributed by atoms with E-state index in [2.05, 4.69) is 20.2 Å². The molecule has 7 nitrogen and oxygen atoms in total. The summed E-state index contributed by atoms with van der Waals surface area (Å²) in [5.74, 6) is 1.37. The summed E-state index contributed by atoms with van der Waals surface area (Å²) in [4.78, 5) is 24.0. The van der Waals surface area contributed by atoms with E-state index in [4.69, 9.17) is 4.74 Å². The fourth-order valence-electron chi connectivity index (χ4n) is 2.44. The Bertz CT molecular complexity index is 681. The molecule has 1 atom stereocenters. The van der Waals surface area contributed by atoms with Gasteiger partial charge in [-0.2, -0.15) is 5.10 Å². The maximum Gasteiger partial charge on any atom is 0.266 e. The lowest BCUT2D eigenvalue weighted by atomic mass is 10.2. The Balaban J connectivity index is 1.76. The smallest absolute Gasteiger partial charge is 0.266 e. The SMILES string of the molecule is CCc1nc(C)c(C(=O)N2CCO[C@H](c3n[nH]c(C)n3)C2)s1. The van der Waals surface area contributed by atoms with Crippen molar-refractivity contribution in [1.29, 1.82) is 0 Å². The van der Waals surface area contributed by atoms with Crippen LogP contribution in [0.5, 0.6) is 0 Å². The molecular weight excluding hydrogens is 302 g/mol. The number of morpholine rings is 1. The Morgan fingerprint density at radius 3 is 2.91 bits per heavy atom. The highest BCUT2D eigenvalue weighted by atomic mass is 32.1. The monoisotopic (exact) mass is 321 g/mol. The van der Waals surface area contributed by atoms with Crippen molar-refractivity contribution in [3.63, 3.8) is 0 Å². The van der Waals surface area contributed by atoms with Gasteiger partial charge in [0.2, 0.25) is 0 Å². The molecule has 1 amide bonds. The van der Waals surface area contributed by atoms with Crippen LogP contribution in [0.4, 0.5) is 0 Å². The topological polar surface area (TPSA) is 84.0 Å². The summed E-state index contributed by atoms with van der Waals surface area (Å²) in [6.45, 7) is 7.31. The van der Waals surface area contributed by atoms with E-state index in [0.717, 1.165) is 27.8 Å². The van der Waals surface area contributed by atoms with Gasteiger partial charge in [0.25, 0.3) is 5.91 Å². The second-order valence-electron chi connectivity index (χ2n) is 5.27. The molecule has 118 valence electrons. The van der Waals surface area contributed by atoms with Gasteiger partial charge in [-0.05, 0) is 20.3 Å². The molecule has 0 saturated carbocycles. The number of ether oxygens (including phenoxy) is 1. The largest absolute Gasteiger partial charge is 0.366 e. The minimum Gasteiger partial charge on any atom is -0.366 e. The van der Waals surface area contributed by atoms with Gasteiger partial charge in [0.1, 0.15) is 16.8 Å². The van der Waals surface area contributed by atoms with Crippen molar-refractivity contribution in [3.05, 3.63) is 27.2 Å². The molecule has 1 aliphatic heterocycles. The highest BCUT2D eigenvalue weighted by Gasteiger charge is 2.30. The van der Waals surface area contributed by atoms with Crippen LogP contribution in [0.1, 0.15) is 45.0 Å². The van der Waals surface area contributed by atoms with Crippen LogP contribution < -0.4 is 0 Å². The summed E-state index contributed by atoms with van der Waals surface area (Å²) in [6.07, 6.45) is 0.572. The average Bonchev–Trinajstić information content (AvgIpc) is 3.12. The van der Waals surface area contributed by atoms with E-state index in [-0.39, 0.29) is 12.0 Å². The number of aryl methyl sites for hydroxylation is 3. The fourth-order valence-corrected chi connectivity index (χ4v) is 3.41. The van der Waals surface area contributed by atoms with Gasteiger partial charge >= 0.3 is 0 Å². The average molecular weight is 321 g/mol. The standard InChI is InChI=1S/C14H19N5O2S/c1-4-11-15-8(2)12(22-11)14(20)19-5-6-21-10(7-19)13-16-9(3)17-18-13/h10H,4-7H2,1-3H3,(H,16,17,18)/t10-/m0/s1. The van der Waals surface area contributed by atoms with Crippen LogP contribution in [-0.2, 0) is 11.2 Å². The van der Waals surface area contributed by atoms with Crippen LogP contribution in [0.25, 0.3) is 0 Å². The second-order valence-corrected chi connectivity index (χ2v) is 6.35. The maximum absolute atomic E-state index is 12.7. The summed E-state index contributed by atoms with van der Waals surface area (Å²) in [5.41, 5.74) is 0.809. The first-order valence-electron chi connectivity index (χ1n) is 7.34. The third-order valence-electron chi connectivity index (χ3n) is 3.59. The van der Waals surface area contributed by atoms with Gasteiger partial charge in [0.05, 0.1) is 23.9 Å². The van der Waals surface area contributed by atoms with Gasteiger partial charge < -0.3 is 9.64 Å². The van der Waals surface area contributed by atoms with Crippen molar-refractivity contribution in [1.82, 2.24) is 25.1 Å². The number of amides is 1. The number of nitrogens with one attached hydrogen (secondary N) is 1. The van der Waals surface area contributed by atoms with Gasteiger partial charge in [-0.15, -0.1) is 11.3 Å². The van der Waals surface area contributed by atoms with Crippen LogP contribution in [0, 0.1) is 13.8 Å². The molecule has 1 N–H and O–H groups in total. The van der Waals surface area contributed by atoms with E-state index in [1.165, 1.54) is 11.3 Å². The van der Waals surface area contributed by atoms with Crippen LogP contribution in [0.15, 0.2) is 0 Å². The summed E-state index contributed by atoms with van der Waals surface area (Å²) in [6, 6.07) is 0. The second kappa shape index (κ2) is 6.13. The van der Waals surface area contributed by atoms with Crippen molar-refractivity contribution < 1.29 is 9.53 Å². The molecule has 0 bridgehead atoms. The Hall–Kier alpha value is -1.80. The Kier molecular flexibility index (Phi) is 4.21. The predicted octanol–water partition coefficient (Wildman–Crippen LogP) is 1.65. The lowest BCUT2D eigenvalue weighted by molar-refractivity contribution is -0.0265. The highest BCUT2D eigenvalue weighted by Crippen LogP contribution is 2.24. The third kappa shape index (κ3) is 2.89.